The Kier molecular flexibility index (Phi) is 3.19. The zero-order valence-electron chi connectivity index (χ0n) is 10.0. The molecule has 0 bridgehead atoms. The van der Waals surface area contributed by atoms with Crippen LogP contribution in [0.15, 0.2) is 23.2 Å². The first-order chi connectivity index (χ1) is 8.00. The second kappa shape index (κ2) is 4.49. The fourth-order valence-corrected chi connectivity index (χ4v) is 3.11. The molecule has 0 spiro atoms. The Morgan fingerprint density at radius 1 is 1.24 bits per heavy atom. The van der Waals surface area contributed by atoms with Crippen LogP contribution in [0.2, 0.25) is 0 Å². The number of sulfone groups is 1. The second-order valence-corrected chi connectivity index (χ2v) is 6.28. The lowest BCUT2D eigenvalue weighted by Gasteiger charge is -2.17. The quantitative estimate of drug-likeness (QED) is 0.830. The van der Waals surface area contributed by atoms with E-state index in [2.05, 4.69) is 10.3 Å². The van der Waals surface area contributed by atoms with E-state index in [1.165, 1.54) is 0 Å². The molecule has 1 heterocycles. The molecule has 5 heteroatoms. The highest BCUT2D eigenvalue weighted by molar-refractivity contribution is 8.06. The van der Waals surface area contributed by atoms with Gasteiger partial charge in [-0.3, -0.25) is 4.99 Å². The number of nitrogens with one attached hydrogen (secondary N) is 1. The van der Waals surface area contributed by atoms with Crippen molar-refractivity contribution in [2.45, 2.75) is 20.3 Å². The van der Waals surface area contributed by atoms with Crippen molar-refractivity contribution >= 4 is 20.7 Å². The molecule has 4 nitrogen and oxygen atoms in total. The zero-order valence-corrected chi connectivity index (χ0v) is 10.8. The summed E-state index contributed by atoms with van der Waals surface area (Å²) in [7, 11) is -3.22. The molecule has 0 fully saturated rings. The topological polar surface area (TPSA) is 58.5 Å². The maximum Gasteiger partial charge on any atom is 0.220 e. The first-order valence-corrected chi connectivity index (χ1v) is 7.26. The first kappa shape index (κ1) is 12.1. The van der Waals surface area contributed by atoms with E-state index < -0.39 is 9.84 Å². The van der Waals surface area contributed by atoms with Gasteiger partial charge in [-0.2, -0.15) is 0 Å². The molecule has 0 amide bonds. The Morgan fingerprint density at radius 2 is 1.88 bits per heavy atom. The van der Waals surface area contributed by atoms with E-state index in [0.717, 1.165) is 16.8 Å². The summed E-state index contributed by atoms with van der Waals surface area (Å²) < 4.78 is 23.6. The van der Waals surface area contributed by atoms with Crippen LogP contribution < -0.4 is 5.32 Å². The largest absolute Gasteiger partial charge is 0.330 e. The number of rotatable bonds is 1. The maximum atomic E-state index is 11.8. The average Bonchev–Trinajstić information content (AvgIpc) is 2.25. The van der Waals surface area contributed by atoms with Crippen LogP contribution in [0.25, 0.3) is 0 Å². The van der Waals surface area contributed by atoms with Gasteiger partial charge in [0.15, 0.2) is 0 Å². The van der Waals surface area contributed by atoms with Gasteiger partial charge in [0.1, 0.15) is 0 Å². The summed E-state index contributed by atoms with van der Waals surface area (Å²) in [6, 6.07) is 5.85. The number of para-hydroxylation sites is 1. The van der Waals surface area contributed by atoms with E-state index in [0.29, 0.717) is 13.0 Å². The first-order valence-electron chi connectivity index (χ1n) is 5.61. The number of hydrogen-bond donors (Lipinski definition) is 1. The van der Waals surface area contributed by atoms with Crippen LogP contribution in [0.3, 0.4) is 0 Å². The summed E-state index contributed by atoms with van der Waals surface area (Å²) in [6.07, 6.45) is 0.611. The van der Waals surface area contributed by atoms with Crippen LogP contribution in [0.1, 0.15) is 17.5 Å². The molecule has 1 aliphatic heterocycles. The van der Waals surface area contributed by atoms with Crippen molar-refractivity contribution in [2.24, 2.45) is 4.99 Å². The molecule has 0 aromatic heterocycles. The molecule has 1 aromatic carbocycles. The lowest BCUT2D eigenvalue weighted by Crippen LogP contribution is -2.30. The van der Waals surface area contributed by atoms with E-state index in [4.69, 9.17) is 0 Å². The van der Waals surface area contributed by atoms with Crippen molar-refractivity contribution < 1.29 is 8.42 Å². The molecule has 0 saturated carbocycles. The molecule has 0 atom stereocenters. The Bertz CT molecular complexity index is 542. The van der Waals surface area contributed by atoms with Crippen LogP contribution in [0.5, 0.6) is 0 Å². The molecule has 0 unspecified atom stereocenters. The number of benzene rings is 1. The van der Waals surface area contributed by atoms with Crippen LogP contribution >= 0.6 is 0 Å². The molecule has 1 aliphatic rings. The van der Waals surface area contributed by atoms with Crippen molar-refractivity contribution in [1.29, 1.82) is 0 Å². The molecule has 0 aliphatic carbocycles. The number of nitrogens with zero attached hydrogens (tertiary/aromatic N) is 1. The van der Waals surface area contributed by atoms with Crippen molar-refractivity contribution in [1.82, 2.24) is 0 Å². The zero-order chi connectivity index (χ0) is 12.5. The monoisotopic (exact) mass is 252 g/mol. The number of amidine groups is 1. The molecule has 2 rings (SSSR count). The van der Waals surface area contributed by atoms with Gasteiger partial charge in [0.2, 0.25) is 15.0 Å². The Labute approximate surface area is 102 Å². The van der Waals surface area contributed by atoms with Crippen molar-refractivity contribution in [3.8, 4) is 0 Å². The van der Waals surface area contributed by atoms with Gasteiger partial charge in [0.05, 0.1) is 5.75 Å². The van der Waals surface area contributed by atoms with Crippen LogP contribution in [0.4, 0.5) is 5.69 Å². The normalized spacial score (nSPS) is 18.6. The predicted octanol–water partition coefficient (Wildman–Crippen LogP) is 1.89. The molecule has 0 radical (unpaired) electrons. The Morgan fingerprint density at radius 3 is 2.47 bits per heavy atom. The molecule has 17 heavy (non-hydrogen) atoms. The number of aliphatic imine (C=N–C) groups is 1. The number of anilines is 1. The smallest absolute Gasteiger partial charge is 0.220 e. The third kappa shape index (κ3) is 2.49. The van der Waals surface area contributed by atoms with Crippen LogP contribution in [-0.4, -0.2) is 25.9 Å². The van der Waals surface area contributed by atoms with Gasteiger partial charge >= 0.3 is 0 Å². The van der Waals surface area contributed by atoms with Gasteiger partial charge in [-0.05, 0) is 31.4 Å². The Hall–Kier alpha value is -1.36. The lowest BCUT2D eigenvalue weighted by molar-refractivity contribution is 0.602. The number of aryl methyl sites for hydroxylation is 2. The fraction of sp³-hybridized carbons (Fsp3) is 0.417. The van der Waals surface area contributed by atoms with Gasteiger partial charge in [-0.1, -0.05) is 18.2 Å². The van der Waals surface area contributed by atoms with Gasteiger partial charge in [0.25, 0.3) is 0 Å². The summed E-state index contributed by atoms with van der Waals surface area (Å²) in [5.74, 6) is 0.184. The van der Waals surface area contributed by atoms with Crippen molar-refractivity contribution in [2.75, 3.05) is 17.6 Å². The lowest BCUT2D eigenvalue weighted by atomic mass is 10.1. The minimum Gasteiger partial charge on any atom is -0.330 e. The highest BCUT2D eigenvalue weighted by atomic mass is 32.2. The van der Waals surface area contributed by atoms with Gasteiger partial charge in [0, 0.05) is 12.2 Å². The SMILES string of the molecule is Cc1cccc(C)c1NC1=NCCCS1(=O)=O. The van der Waals surface area contributed by atoms with E-state index in [-0.39, 0.29) is 10.9 Å². The second-order valence-electron chi connectivity index (χ2n) is 4.25. The maximum absolute atomic E-state index is 11.8. The minimum atomic E-state index is -3.22. The molecular formula is C12H16N2O2S. The van der Waals surface area contributed by atoms with Crippen LogP contribution in [-0.2, 0) is 9.84 Å². The molecular weight excluding hydrogens is 236 g/mol. The van der Waals surface area contributed by atoms with Gasteiger partial charge in [-0.15, -0.1) is 0 Å². The fourth-order valence-electron chi connectivity index (χ4n) is 1.87. The molecule has 92 valence electrons. The summed E-state index contributed by atoms with van der Waals surface area (Å²) in [6.45, 7) is 4.48. The van der Waals surface area contributed by atoms with Crippen molar-refractivity contribution in [3.05, 3.63) is 29.3 Å². The molecule has 1 N–H and O–H groups in total. The van der Waals surface area contributed by atoms with Crippen molar-refractivity contribution in [3.63, 3.8) is 0 Å². The Balaban J connectivity index is 2.36. The van der Waals surface area contributed by atoms with Gasteiger partial charge < -0.3 is 5.32 Å². The van der Waals surface area contributed by atoms with E-state index in [1.54, 1.807) is 0 Å². The average molecular weight is 252 g/mol. The van der Waals surface area contributed by atoms with Gasteiger partial charge in [-0.25, -0.2) is 8.42 Å². The third-order valence-electron chi connectivity index (χ3n) is 2.83. The highest BCUT2D eigenvalue weighted by Gasteiger charge is 2.23. The standard InChI is InChI=1S/C12H16N2O2S/c1-9-5-3-6-10(2)11(9)14-12-13-7-4-8-17(12,15)16/h3,5-6H,4,7-8H2,1-2H3,(H,13,14). The van der Waals surface area contributed by atoms with E-state index in [1.807, 2.05) is 32.0 Å². The molecule has 0 saturated heterocycles. The summed E-state index contributed by atoms with van der Waals surface area (Å²) in [5.41, 5.74) is 2.89. The summed E-state index contributed by atoms with van der Waals surface area (Å²) in [5, 5.41) is 3.08. The summed E-state index contributed by atoms with van der Waals surface area (Å²) >= 11 is 0. The van der Waals surface area contributed by atoms with E-state index >= 15 is 0 Å². The minimum absolute atomic E-state index is 0.112. The van der Waals surface area contributed by atoms with Crippen LogP contribution in [0, 0.1) is 13.8 Å². The van der Waals surface area contributed by atoms with E-state index in [9.17, 15) is 8.42 Å². The molecule has 1 aromatic rings. The third-order valence-corrected chi connectivity index (χ3v) is 4.48. The number of hydrogen-bond acceptors (Lipinski definition) is 4. The highest BCUT2D eigenvalue weighted by Crippen LogP contribution is 2.21. The summed E-state index contributed by atoms with van der Waals surface area (Å²) in [4.78, 5) is 4.08. The predicted molar refractivity (Wildman–Crippen MR) is 70.2 cm³/mol.